The van der Waals surface area contributed by atoms with Crippen molar-refractivity contribution in [1.82, 2.24) is 15.5 Å². The summed E-state index contributed by atoms with van der Waals surface area (Å²) in [5.74, 6) is 0.581. The molecule has 2 fully saturated rings. The van der Waals surface area contributed by atoms with Crippen molar-refractivity contribution in [1.29, 1.82) is 0 Å². The van der Waals surface area contributed by atoms with Gasteiger partial charge in [0.25, 0.3) is 0 Å². The second kappa shape index (κ2) is 6.18. The highest BCUT2D eigenvalue weighted by Crippen LogP contribution is 2.18. The molecular formula is C13H23N3O2. The highest BCUT2D eigenvalue weighted by molar-refractivity contribution is 5.88. The topological polar surface area (TPSA) is 61.4 Å². The Hall–Kier alpha value is -1.10. The van der Waals surface area contributed by atoms with Crippen molar-refractivity contribution in [3.8, 4) is 0 Å². The van der Waals surface area contributed by atoms with Crippen LogP contribution in [0.15, 0.2) is 0 Å². The van der Waals surface area contributed by atoms with Gasteiger partial charge in [-0.3, -0.25) is 9.59 Å². The average Bonchev–Trinajstić information content (AvgIpc) is 2.39. The molecular weight excluding hydrogens is 230 g/mol. The number of piperazine rings is 1. The van der Waals surface area contributed by atoms with Gasteiger partial charge in [-0.05, 0) is 38.3 Å². The van der Waals surface area contributed by atoms with E-state index in [1.165, 1.54) is 0 Å². The van der Waals surface area contributed by atoms with Gasteiger partial charge in [0.15, 0.2) is 0 Å². The van der Waals surface area contributed by atoms with Crippen LogP contribution in [0, 0.1) is 5.92 Å². The Kier molecular flexibility index (Phi) is 4.58. The molecule has 2 N–H and O–H groups in total. The van der Waals surface area contributed by atoms with Gasteiger partial charge in [-0.25, -0.2) is 0 Å². The Bertz CT molecular complexity index is 313. The monoisotopic (exact) mass is 253 g/mol. The summed E-state index contributed by atoms with van der Waals surface area (Å²) in [7, 11) is 0. The van der Waals surface area contributed by atoms with Gasteiger partial charge in [0, 0.05) is 19.5 Å². The highest BCUT2D eigenvalue weighted by atomic mass is 16.2. The number of amides is 2. The third-order valence-electron chi connectivity index (χ3n) is 3.90. The SMILES string of the molecule is CCC1C(=O)NCCN1C(=O)CC1CCCNC1. The lowest BCUT2D eigenvalue weighted by atomic mass is 9.95. The van der Waals surface area contributed by atoms with E-state index in [1.54, 1.807) is 4.90 Å². The third kappa shape index (κ3) is 3.02. The highest BCUT2D eigenvalue weighted by Gasteiger charge is 2.32. The van der Waals surface area contributed by atoms with Crippen LogP contribution in [0.5, 0.6) is 0 Å². The fraction of sp³-hybridized carbons (Fsp3) is 0.846. The summed E-state index contributed by atoms with van der Waals surface area (Å²) in [6.45, 7) is 5.20. The van der Waals surface area contributed by atoms with Gasteiger partial charge in [0.2, 0.25) is 11.8 Å². The minimum absolute atomic E-state index is 0.00105. The van der Waals surface area contributed by atoms with Crippen molar-refractivity contribution in [3.63, 3.8) is 0 Å². The molecule has 2 aliphatic rings. The van der Waals surface area contributed by atoms with Gasteiger partial charge in [0.05, 0.1) is 0 Å². The van der Waals surface area contributed by atoms with E-state index < -0.39 is 0 Å². The molecule has 0 radical (unpaired) electrons. The summed E-state index contributed by atoms with van der Waals surface area (Å²) in [5.41, 5.74) is 0. The maximum atomic E-state index is 12.3. The molecule has 0 aromatic heterocycles. The molecule has 0 bridgehead atoms. The zero-order valence-corrected chi connectivity index (χ0v) is 11.1. The van der Waals surface area contributed by atoms with Gasteiger partial charge in [-0.1, -0.05) is 6.92 Å². The maximum absolute atomic E-state index is 12.3. The molecule has 0 aromatic carbocycles. The molecule has 18 heavy (non-hydrogen) atoms. The number of hydrogen-bond donors (Lipinski definition) is 2. The van der Waals surface area contributed by atoms with E-state index in [4.69, 9.17) is 0 Å². The normalized spacial score (nSPS) is 28.9. The minimum atomic E-state index is -0.261. The predicted molar refractivity (Wildman–Crippen MR) is 69.0 cm³/mol. The predicted octanol–water partition coefficient (Wildman–Crippen LogP) is 0.113. The quantitative estimate of drug-likeness (QED) is 0.750. The van der Waals surface area contributed by atoms with E-state index in [9.17, 15) is 9.59 Å². The fourth-order valence-corrected chi connectivity index (χ4v) is 2.88. The summed E-state index contributed by atoms with van der Waals surface area (Å²) in [5, 5.41) is 6.15. The number of carbonyl (C=O) groups is 2. The van der Waals surface area contributed by atoms with E-state index in [2.05, 4.69) is 10.6 Å². The Morgan fingerprint density at radius 1 is 1.44 bits per heavy atom. The second-order valence-electron chi connectivity index (χ2n) is 5.22. The van der Waals surface area contributed by atoms with Gasteiger partial charge in [0.1, 0.15) is 6.04 Å². The van der Waals surface area contributed by atoms with Crippen molar-refractivity contribution in [2.75, 3.05) is 26.2 Å². The smallest absolute Gasteiger partial charge is 0.242 e. The number of rotatable bonds is 3. The number of hydrogen-bond acceptors (Lipinski definition) is 3. The Balaban J connectivity index is 1.91. The summed E-state index contributed by atoms with van der Waals surface area (Å²) in [4.78, 5) is 25.8. The summed E-state index contributed by atoms with van der Waals surface area (Å²) >= 11 is 0. The second-order valence-corrected chi connectivity index (χ2v) is 5.22. The van der Waals surface area contributed by atoms with E-state index in [1.807, 2.05) is 6.92 Å². The first-order chi connectivity index (χ1) is 8.72. The van der Waals surface area contributed by atoms with Crippen LogP contribution in [0.4, 0.5) is 0 Å². The van der Waals surface area contributed by atoms with Gasteiger partial charge in [-0.2, -0.15) is 0 Å². The van der Waals surface area contributed by atoms with Crippen LogP contribution in [0.25, 0.3) is 0 Å². The zero-order chi connectivity index (χ0) is 13.0. The molecule has 102 valence electrons. The Morgan fingerprint density at radius 2 is 2.28 bits per heavy atom. The van der Waals surface area contributed by atoms with Crippen molar-refractivity contribution in [3.05, 3.63) is 0 Å². The molecule has 5 heteroatoms. The zero-order valence-electron chi connectivity index (χ0n) is 11.1. The van der Waals surface area contributed by atoms with Crippen LogP contribution >= 0.6 is 0 Å². The lowest BCUT2D eigenvalue weighted by molar-refractivity contribution is -0.144. The van der Waals surface area contributed by atoms with Crippen LogP contribution in [0.3, 0.4) is 0 Å². The van der Waals surface area contributed by atoms with Crippen LogP contribution in [0.1, 0.15) is 32.6 Å². The summed E-state index contributed by atoms with van der Waals surface area (Å²) < 4.78 is 0. The third-order valence-corrected chi connectivity index (χ3v) is 3.90. The molecule has 2 rings (SSSR count). The first-order valence-corrected chi connectivity index (χ1v) is 7.00. The van der Waals surface area contributed by atoms with Crippen molar-refractivity contribution >= 4 is 11.8 Å². The van der Waals surface area contributed by atoms with Gasteiger partial charge in [-0.15, -0.1) is 0 Å². The van der Waals surface area contributed by atoms with Crippen LogP contribution in [0.2, 0.25) is 0 Å². The van der Waals surface area contributed by atoms with Crippen molar-refractivity contribution in [2.24, 2.45) is 5.92 Å². The molecule has 2 unspecified atom stereocenters. The van der Waals surface area contributed by atoms with E-state index in [0.29, 0.717) is 31.8 Å². The fourth-order valence-electron chi connectivity index (χ4n) is 2.88. The van der Waals surface area contributed by atoms with Crippen LogP contribution in [-0.2, 0) is 9.59 Å². The number of carbonyl (C=O) groups excluding carboxylic acids is 2. The molecule has 2 saturated heterocycles. The lowest BCUT2D eigenvalue weighted by Gasteiger charge is -2.35. The van der Waals surface area contributed by atoms with Crippen molar-refractivity contribution < 1.29 is 9.59 Å². The molecule has 0 spiro atoms. The average molecular weight is 253 g/mol. The van der Waals surface area contributed by atoms with E-state index in [0.717, 1.165) is 25.9 Å². The number of nitrogens with one attached hydrogen (secondary N) is 2. The minimum Gasteiger partial charge on any atom is -0.353 e. The van der Waals surface area contributed by atoms with E-state index >= 15 is 0 Å². The first kappa shape index (κ1) is 13.3. The van der Waals surface area contributed by atoms with E-state index in [-0.39, 0.29) is 17.9 Å². The van der Waals surface area contributed by atoms with Crippen LogP contribution in [-0.4, -0.2) is 48.9 Å². The molecule has 0 saturated carbocycles. The molecule has 2 heterocycles. The number of piperidine rings is 1. The number of nitrogens with zero attached hydrogens (tertiary/aromatic N) is 1. The molecule has 2 aliphatic heterocycles. The van der Waals surface area contributed by atoms with Crippen molar-refractivity contribution in [2.45, 2.75) is 38.6 Å². The first-order valence-electron chi connectivity index (χ1n) is 7.00. The Morgan fingerprint density at radius 3 is 2.94 bits per heavy atom. The molecule has 0 aliphatic carbocycles. The standard InChI is InChI=1S/C13H23N3O2/c1-2-11-13(18)15-6-7-16(11)12(17)8-10-4-3-5-14-9-10/h10-11,14H,2-9H2,1H3,(H,15,18). The molecule has 2 amide bonds. The molecule has 0 aromatic rings. The molecule has 5 nitrogen and oxygen atoms in total. The summed E-state index contributed by atoms with van der Waals surface area (Å²) in [6.07, 6.45) is 3.54. The van der Waals surface area contributed by atoms with Gasteiger partial charge >= 0.3 is 0 Å². The van der Waals surface area contributed by atoms with Crippen LogP contribution < -0.4 is 10.6 Å². The maximum Gasteiger partial charge on any atom is 0.242 e. The Labute approximate surface area is 108 Å². The largest absolute Gasteiger partial charge is 0.353 e. The van der Waals surface area contributed by atoms with Gasteiger partial charge < -0.3 is 15.5 Å². The summed E-state index contributed by atoms with van der Waals surface area (Å²) in [6, 6.07) is -0.261. The molecule has 2 atom stereocenters. The lowest BCUT2D eigenvalue weighted by Crippen LogP contribution is -2.57.